The molecule has 1 heterocycles. The first-order valence-electron chi connectivity index (χ1n) is 6.29. The van der Waals surface area contributed by atoms with Crippen LogP contribution in [0.15, 0.2) is 11.4 Å². The third kappa shape index (κ3) is 3.48. The van der Waals surface area contributed by atoms with E-state index in [0.717, 1.165) is 17.7 Å². The molecular formula is C13H16ClNO3S. The Morgan fingerprint density at radius 1 is 1.42 bits per heavy atom. The van der Waals surface area contributed by atoms with E-state index in [1.165, 1.54) is 11.3 Å². The van der Waals surface area contributed by atoms with Gasteiger partial charge in [0.05, 0.1) is 5.02 Å². The van der Waals surface area contributed by atoms with Crippen molar-refractivity contribution in [2.24, 2.45) is 0 Å². The summed E-state index contributed by atoms with van der Waals surface area (Å²) in [5.74, 6) is -1.12. The van der Waals surface area contributed by atoms with Crippen LogP contribution in [0.3, 0.4) is 0 Å². The Hall–Kier alpha value is -1.07. The number of carboxylic acids is 1. The van der Waals surface area contributed by atoms with Crippen LogP contribution in [0.5, 0.6) is 0 Å². The third-order valence-electron chi connectivity index (χ3n) is 3.47. The van der Waals surface area contributed by atoms with Crippen LogP contribution < -0.4 is 5.32 Å². The number of rotatable bonds is 5. The number of carbonyl (C=O) groups excluding carboxylic acids is 1. The van der Waals surface area contributed by atoms with Crippen LogP contribution in [0.25, 0.3) is 0 Å². The minimum Gasteiger partial charge on any atom is -0.480 e. The van der Waals surface area contributed by atoms with Crippen molar-refractivity contribution < 1.29 is 14.7 Å². The van der Waals surface area contributed by atoms with Crippen molar-refractivity contribution in [1.29, 1.82) is 0 Å². The number of aryl methyl sites for hydroxylation is 1. The van der Waals surface area contributed by atoms with Gasteiger partial charge in [-0.25, -0.2) is 4.79 Å². The van der Waals surface area contributed by atoms with E-state index in [4.69, 9.17) is 11.6 Å². The molecule has 0 saturated heterocycles. The highest BCUT2D eigenvalue weighted by Crippen LogP contribution is 2.30. The van der Waals surface area contributed by atoms with Gasteiger partial charge in [0.1, 0.15) is 5.54 Å². The van der Waals surface area contributed by atoms with Gasteiger partial charge in [0.2, 0.25) is 5.91 Å². The number of nitrogens with one attached hydrogen (secondary N) is 1. The van der Waals surface area contributed by atoms with Gasteiger partial charge in [-0.05, 0) is 25.3 Å². The molecule has 1 saturated carbocycles. The molecule has 1 amide bonds. The minimum atomic E-state index is -1.04. The van der Waals surface area contributed by atoms with E-state index in [1.807, 2.05) is 11.4 Å². The summed E-state index contributed by atoms with van der Waals surface area (Å²) >= 11 is 7.32. The maximum Gasteiger partial charge on any atom is 0.329 e. The molecular weight excluding hydrogens is 286 g/mol. The maximum absolute atomic E-state index is 11.9. The third-order valence-corrected chi connectivity index (χ3v) is 4.81. The van der Waals surface area contributed by atoms with Gasteiger partial charge in [0.25, 0.3) is 0 Å². The van der Waals surface area contributed by atoms with E-state index in [9.17, 15) is 14.7 Å². The summed E-state index contributed by atoms with van der Waals surface area (Å²) in [6.07, 6.45) is 3.66. The summed E-state index contributed by atoms with van der Waals surface area (Å²) in [4.78, 5) is 24.2. The average molecular weight is 302 g/mol. The van der Waals surface area contributed by atoms with Crippen molar-refractivity contribution in [1.82, 2.24) is 5.32 Å². The first-order chi connectivity index (χ1) is 9.02. The summed E-state index contributed by atoms with van der Waals surface area (Å²) in [6, 6.07) is 1.84. The van der Waals surface area contributed by atoms with Gasteiger partial charge in [-0.1, -0.05) is 24.4 Å². The van der Waals surface area contributed by atoms with Crippen molar-refractivity contribution in [3.8, 4) is 0 Å². The number of aliphatic carboxylic acids is 1. The van der Waals surface area contributed by atoms with Gasteiger partial charge in [-0.2, -0.15) is 0 Å². The lowest BCUT2D eigenvalue weighted by atomic mass is 9.97. The van der Waals surface area contributed by atoms with Gasteiger partial charge in [-0.15, -0.1) is 11.3 Å². The Morgan fingerprint density at radius 3 is 2.63 bits per heavy atom. The Morgan fingerprint density at radius 2 is 2.11 bits per heavy atom. The zero-order chi connectivity index (χ0) is 13.9. The lowest BCUT2D eigenvalue weighted by molar-refractivity contribution is -0.147. The molecule has 0 aromatic carbocycles. The molecule has 6 heteroatoms. The van der Waals surface area contributed by atoms with Gasteiger partial charge in [0, 0.05) is 16.7 Å². The van der Waals surface area contributed by atoms with Crippen LogP contribution in [-0.4, -0.2) is 22.5 Å². The van der Waals surface area contributed by atoms with Crippen LogP contribution >= 0.6 is 22.9 Å². The molecule has 1 aromatic heterocycles. The first-order valence-corrected chi connectivity index (χ1v) is 7.55. The topological polar surface area (TPSA) is 66.4 Å². The van der Waals surface area contributed by atoms with Crippen LogP contribution in [0, 0.1) is 0 Å². The molecule has 0 bridgehead atoms. The highest BCUT2D eigenvalue weighted by Gasteiger charge is 2.42. The summed E-state index contributed by atoms with van der Waals surface area (Å²) in [5.41, 5.74) is -1.04. The summed E-state index contributed by atoms with van der Waals surface area (Å²) < 4.78 is 0. The van der Waals surface area contributed by atoms with Crippen molar-refractivity contribution in [2.45, 2.75) is 44.1 Å². The summed E-state index contributed by atoms with van der Waals surface area (Å²) in [5, 5.41) is 14.5. The largest absolute Gasteiger partial charge is 0.480 e. The number of carbonyl (C=O) groups is 2. The lowest BCUT2D eigenvalue weighted by Crippen LogP contribution is -2.52. The molecule has 2 rings (SSSR count). The lowest BCUT2D eigenvalue weighted by Gasteiger charge is -2.25. The normalized spacial score (nSPS) is 17.3. The fraction of sp³-hybridized carbons (Fsp3) is 0.538. The Kier molecular flexibility index (Phi) is 4.47. The van der Waals surface area contributed by atoms with Gasteiger partial charge in [-0.3, -0.25) is 4.79 Å². The highest BCUT2D eigenvalue weighted by molar-refractivity contribution is 7.10. The number of hydrogen-bond donors (Lipinski definition) is 2. The smallest absolute Gasteiger partial charge is 0.329 e. The van der Waals surface area contributed by atoms with E-state index in [2.05, 4.69) is 5.32 Å². The van der Waals surface area contributed by atoms with Crippen LogP contribution in [0.1, 0.15) is 37.0 Å². The number of hydrogen-bond acceptors (Lipinski definition) is 3. The van der Waals surface area contributed by atoms with E-state index in [-0.39, 0.29) is 5.91 Å². The van der Waals surface area contributed by atoms with Gasteiger partial charge >= 0.3 is 5.97 Å². The molecule has 0 spiro atoms. The Balaban J connectivity index is 1.88. The number of thiophene rings is 1. The van der Waals surface area contributed by atoms with Crippen molar-refractivity contribution in [3.05, 3.63) is 21.3 Å². The van der Waals surface area contributed by atoms with Gasteiger partial charge in [0.15, 0.2) is 0 Å². The second-order valence-electron chi connectivity index (χ2n) is 4.87. The molecule has 2 N–H and O–H groups in total. The van der Waals surface area contributed by atoms with Crippen LogP contribution in [-0.2, 0) is 16.0 Å². The number of halogens is 1. The number of carboxylic acid groups (broad SMARTS) is 1. The Bertz CT molecular complexity index is 480. The van der Waals surface area contributed by atoms with E-state index in [1.54, 1.807) is 0 Å². The molecule has 1 fully saturated rings. The monoisotopic (exact) mass is 301 g/mol. The zero-order valence-corrected chi connectivity index (χ0v) is 12.0. The minimum absolute atomic E-state index is 0.200. The summed E-state index contributed by atoms with van der Waals surface area (Å²) in [7, 11) is 0. The SMILES string of the molecule is O=C(CCc1cc(Cl)cs1)NC1(C(=O)O)CCCC1. The molecule has 104 valence electrons. The molecule has 1 aromatic rings. The molecule has 0 atom stereocenters. The number of amides is 1. The fourth-order valence-corrected chi connectivity index (χ4v) is 3.50. The molecule has 4 nitrogen and oxygen atoms in total. The zero-order valence-electron chi connectivity index (χ0n) is 10.4. The highest BCUT2D eigenvalue weighted by atomic mass is 35.5. The maximum atomic E-state index is 11.9. The van der Waals surface area contributed by atoms with Crippen molar-refractivity contribution in [3.63, 3.8) is 0 Å². The van der Waals surface area contributed by atoms with E-state index >= 15 is 0 Å². The second kappa shape index (κ2) is 5.92. The summed E-state index contributed by atoms with van der Waals surface area (Å²) in [6.45, 7) is 0. The predicted octanol–water partition coefficient (Wildman–Crippen LogP) is 2.85. The van der Waals surface area contributed by atoms with Gasteiger partial charge < -0.3 is 10.4 Å². The first kappa shape index (κ1) is 14.3. The molecule has 19 heavy (non-hydrogen) atoms. The van der Waals surface area contributed by atoms with E-state index < -0.39 is 11.5 Å². The quantitative estimate of drug-likeness (QED) is 0.879. The van der Waals surface area contributed by atoms with Crippen LogP contribution in [0.2, 0.25) is 5.02 Å². The Labute approximate surface area is 120 Å². The van der Waals surface area contributed by atoms with Crippen LogP contribution in [0.4, 0.5) is 0 Å². The second-order valence-corrected chi connectivity index (χ2v) is 6.31. The molecule has 0 radical (unpaired) electrons. The van der Waals surface area contributed by atoms with Crippen molar-refractivity contribution in [2.75, 3.05) is 0 Å². The molecule has 0 aliphatic heterocycles. The fourth-order valence-electron chi connectivity index (χ4n) is 2.42. The standard InChI is InChI=1S/C13H16ClNO3S/c14-9-7-10(19-8-9)3-4-11(16)15-13(12(17)18)5-1-2-6-13/h7-8H,1-6H2,(H,15,16)(H,17,18). The molecule has 0 unspecified atom stereocenters. The van der Waals surface area contributed by atoms with E-state index in [0.29, 0.717) is 30.7 Å². The van der Waals surface area contributed by atoms with Crippen molar-refractivity contribution >= 4 is 34.8 Å². The predicted molar refractivity (Wildman–Crippen MR) is 74.6 cm³/mol. The molecule has 1 aliphatic rings. The average Bonchev–Trinajstić information content (AvgIpc) is 2.97. The molecule has 1 aliphatic carbocycles.